The van der Waals surface area contributed by atoms with Gasteiger partial charge in [0.05, 0.1) is 11.3 Å². The van der Waals surface area contributed by atoms with Crippen molar-refractivity contribution in [3.8, 4) is 5.75 Å². The fourth-order valence-corrected chi connectivity index (χ4v) is 4.45. The lowest BCUT2D eigenvalue weighted by Gasteiger charge is -2.32. The first kappa shape index (κ1) is 21.0. The average Bonchev–Trinajstić information content (AvgIpc) is 3.20. The molecular formula is C28H25NO4. The minimum atomic E-state index is -0.347. The van der Waals surface area contributed by atoms with E-state index in [-0.39, 0.29) is 30.8 Å². The molecule has 0 saturated carbocycles. The predicted molar refractivity (Wildman–Crippen MR) is 126 cm³/mol. The average molecular weight is 440 g/mol. The molecule has 5 rings (SSSR count). The van der Waals surface area contributed by atoms with E-state index in [1.54, 1.807) is 4.90 Å². The van der Waals surface area contributed by atoms with Crippen LogP contribution in [0.2, 0.25) is 0 Å². The quantitative estimate of drug-likeness (QED) is 0.512. The minimum absolute atomic E-state index is 0.0395. The molecule has 2 aliphatic rings. The third-order valence-corrected chi connectivity index (χ3v) is 6.19. The number of nitrogens with zero attached hydrogens (tertiary/aromatic N) is 1. The molecule has 1 atom stereocenters. The number of ether oxygens (including phenoxy) is 2. The van der Waals surface area contributed by atoms with Gasteiger partial charge in [-0.2, -0.15) is 0 Å². The Kier molecular flexibility index (Phi) is 5.47. The number of hydrogen-bond donors (Lipinski definition) is 0. The summed E-state index contributed by atoms with van der Waals surface area (Å²) in [5.74, 6) is 0.0305. The number of anilines is 1. The van der Waals surface area contributed by atoms with Crippen LogP contribution in [0.3, 0.4) is 0 Å². The normalized spacial score (nSPS) is 17.8. The molecule has 166 valence electrons. The summed E-state index contributed by atoms with van der Waals surface area (Å²) in [6.07, 6.45) is 0.214. The number of cyclic esters (lactones) is 1. The van der Waals surface area contributed by atoms with Crippen LogP contribution in [0, 0.1) is 13.8 Å². The summed E-state index contributed by atoms with van der Waals surface area (Å²) in [7, 11) is 0. The third-order valence-electron chi connectivity index (χ3n) is 6.19. The number of esters is 1. The van der Waals surface area contributed by atoms with Gasteiger partial charge in [-0.3, -0.25) is 9.69 Å². The molecule has 0 aliphatic carbocycles. The Morgan fingerprint density at radius 2 is 1.70 bits per heavy atom. The molecule has 0 saturated heterocycles. The zero-order valence-electron chi connectivity index (χ0n) is 18.7. The topological polar surface area (TPSA) is 55.8 Å². The molecule has 3 aromatic rings. The van der Waals surface area contributed by atoms with Gasteiger partial charge in [0.15, 0.2) is 0 Å². The summed E-state index contributed by atoms with van der Waals surface area (Å²) < 4.78 is 11.3. The summed E-state index contributed by atoms with van der Waals surface area (Å²) in [6, 6.07) is 23.6. The van der Waals surface area contributed by atoms with Crippen LogP contribution in [0.4, 0.5) is 5.69 Å². The first-order chi connectivity index (χ1) is 16.0. The molecule has 1 amide bonds. The van der Waals surface area contributed by atoms with Crippen LogP contribution >= 0.6 is 0 Å². The van der Waals surface area contributed by atoms with Gasteiger partial charge < -0.3 is 9.47 Å². The maximum absolute atomic E-state index is 13.2. The van der Waals surface area contributed by atoms with E-state index in [1.165, 1.54) is 5.56 Å². The van der Waals surface area contributed by atoms with Crippen LogP contribution < -0.4 is 9.64 Å². The Hall–Kier alpha value is -3.86. The van der Waals surface area contributed by atoms with Crippen LogP contribution in [0.1, 0.15) is 34.6 Å². The van der Waals surface area contributed by atoms with E-state index in [4.69, 9.17) is 9.47 Å². The zero-order valence-corrected chi connectivity index (χ0v) is 18.7. The minimum Gasteiger partial charge on any atom is -0.489 e. The SMILES string of the molecule is Cc1ccc(COc2ccc(C3CC(=O)N(c4cccc(C)c4)C4=C3C(=O)OC4)cc2)cc1. The largest absolute Gasteiger partial charge is 0.489 e. The van der Waals surface area contributed by atoms with E-state index in [2.05, 4.69) is 31.2 Å². The zero-order chi connectivity index (χ0) is 22.9. The second kappa shape index (κ2) is 8.58. The number of aryl methyl sites for hydroxylation is 2. The number of amides is 1. The third kappa shape index (κ3) is 4.14. The van der Waals surface area contributed by atoms with Crippen LogP contribution in [-0.4, -0.2) is 18.5 Å². The van der Waals surface area contributed by atoms with Gasteiger partial charge in [-0.1, -0.05) is 54.1 Å². The molecule has 0 radical (unpaired) electrons. The van der Waals surface area contributed by atoms with Crippen LogP contribution in [0.5, 0.6) is 5.75 Å². The van der Waals surface area contributed by atoms with Crippen molar-refractivity contribution in [1.29, 1.82) is 0 Å². The van der Waals surface area contributed by atoms with Crippen molar-refractivity contribution < 1.29 is 19.1 Å². The van der Waals surface area contributed by atoms with Crippen LogP contribution in [0.25, 0.3) is 0 Å². The lowest BCUT2D eigenvalue weighted by atomic mass is 9.84. The lowest BCUT2D eigenvalue weighted by Crippen LogP contribution is -2.37. The standard InChI is InChI=1S/C28H25NO4/c1-18-6-8-20(9-7-18)16-32-23-12-10-21(11-13-23)24-15-26(30)29(22-5-3-4-19(2)14-22)25-17-33-28(31)27(24)25/h3-14,24H,15-17H2,1-2H3. The molecule has 2 aliphatic heterocycles. The van der Waals surface area contributed by atoms with Crippen molar-refractivity contribution in [2.45, 2.75) is 32.8 Å². The van der Waals surface area contributed by atoms with E-state index in [1.807, 2.05) is 55.5 Å². The number of benzene rings is 3. The molecule has 33 heavy (non-hydrogen) atoms. The molecule has 2 heterocycles. The summed E-state index contributed by atoms with van der Waals surface area (Å²) in [4.78, 5) is 27.5. The van der Waals surface area contributed by atoms with Crippen LogP contribution in [-0.2, 0) is 20.9 Å². The fourth-order valence-electron chi connectivity index (χ4n) is 4.45. The Bertz CT molecular complexity index is 1240. The molecule has 0 fully saturated rings. The van der Waals surface area contributed by atoms with Gasteiger partial charge in [-0.05, 0) is 54.8 Å². The summed E-state index contributed by atoms with van der Waals surface area (Å²) in [5.41, 5.74) is 6.25. The monoisotopic (exact) mass is 439 g/mol. The van der Waals surface area contributed by atoms with Crippen molar-refractivity contribution in [2.24, 2.45) is 0 Å². The maximum Gasteiger partial charge on any atom is 0.336 e. The molecule has 0 aromatic heterocycles. The molecule has 3 aromatic carbocycles. The van der Waals surface area contributed by atoms with Gasteiger partial charge in [0.25, 0.3) is 0 Å². The highest BCUT2D eigenvalue weighted by Gasteiger charge is 2.42. The molecule has 5 nitrogen and oxygen atoms in total. The molecule has 0 bridgehead atoms. The van der Waals surface area contributed by atoms with Gasteiger partial charge >= 0.3 is 5.97 Å². The number of hydrogen-bond acceptors (Lipinski definition) is 4. The highest BCUT2D eigenvalue weighted by molar-refractivity contribution is 6.06. The smallest absolute Gasteiger partial charge is 0.336 e. The fraction of sp³-hybridized carbons (Fsp3) is 0.214. The summed E-state index contributed by atoms with van der Waals surface area (Å²) >= 11 is 0. The van der Waals surface area contributed by atoms with Crippen molar-refractivity contribution in [3.63, 3.8) is 0 Å². The Labute approximate surface area is 193 Å². The number of carbonyl (C=O) groups is 2. The van der Waals surface area contributed by atoms with E-state index in [0.717, 1.165) is 28.1 Å². The predicted octanol–water partition coefficient (Wildman–Crippen LogP) is 5.21. The van der Waals surface area contributed by atoms with Crippen molar-refractivity contribution >= 4 is 17.6 Å². The second-order valence-corrected chi connectivity index (χ2v) is 8.60. The van der Waals surface area contributed by atoms with Gasteiger partial charge in [-0.15, -0.1) is 0 Å². The second-order valence-electron chi connectivity index (χ2n) is 8.60. The van der Waals surface area contributed by atoms with Crippen molar-refractivity contribution in [1.82, 2.24) is 0 Å². The van der Waals surface area contributed by atoms with Gasteiger partial charge in [0.1, 0.15) is 19.0 Å². The first-order valence-corrected chi connectivity index (χ1v) is 11.1. The summed E-state index contributed by atoms with van der Waals surface area (Å²) in [6.45, 7) is 4.63. The van der Waals surface area contributed by atoms with E-state index in [0.29, 0.717) is 17.9 Å². The lowest BCUT2D eigenvalue weighted by molar-refractivity contribution is -0.136. The molecule has 1 unspecified atom stereocenters. The van der Waals surface area contributed by atoms with Crippen molar-refractivity contribution in [2.75, 3.05) is 11.5 Å². The van der Waals surface area contributed by atoms with E-state index in [9.17, 15) is 9.59 Å². The van der Waals surface area contributed by atoms with Crippen molar-refractivity contribution in [3.05, 3.63) is 106 Å². The highest BCUT2D eigenvalue weighted by atomic mass is 16.5. The Balaban J connectivity index is 1.39. The molecule has 0 spiro atoms. The Morgan fingerprint density at radius 1 is 0.939 bits per heavy atom. The van der Waals surface area contributed by atoms with Crippen LogP contribution in [0.15, 0.2) is 84.1 Å². The van der Waals surface area contributed by atoms with Gasteiger partial charge in [-0.25, -0.2) is 4.79 Å². The van der Waals surface area contributed by atoms with Gasteiger partial charge in [0, 0.05) is 18.0 Å². The van der Waals surface area contributed by atoms with Gasteiger partial charge in [0.2, 0.25) is 5.91 Å². The van der Waals surface area contributed by atoms with E-state index >= 15 is 0 Å². The molecule has 0 N–H and O–H groups in total. The van der Waals surface area contributed by atoms with E-state index < -0.39 is 0 Å². The Morgan fingerprint density at radius 3 is 2.42 bits per heavy atom. The number of carbonyl (C=O) groups excluding carboxylic acids is 2. The maximum atomic E-state index is 13.2. The number of rotatable bonds is 5. The molecular weight excluding hydrogens is 414 g/mol. The first-order valence-electron chi connectivity index (χ1n) is 11.1. The highest BCUT2D eigenvalue weighted by Crippen LogP contribution is 2.42. The summed E-state index contributed by atoms with van der Waals surface area (Å²) in [5, 5.41) is 0. The molecule has 5 heteroatoms.